The molecule has 0 aromatic rings. The second-order valence-corrected chi connectivity index (χ2v) is 5.50. The summed E-state index contributed by atoms with van der Waals surface area (Å²) in [5.74, 6) is 0.958. The van der Waals surface area contributed by atoms with E-state index in [1.165, 1.54) is 77.0 Å². The predicted molar refractivity (Wildman–Crippen MR) is 79.3 cm³/mol. The third kappa shape index (κ3) is 12.2. The summed E-state index contributed by atoms with van der Waals surface area (Å²) in [4.78, 5) is 0. The molecule has 0 saturated carbocycles. The van der Waals surface area contributed by atoms with E-state index in [0.29, 0.717) is 0 Å². The van der Waals surface area contributed by atoms with Crippen molar-refractivity contribution in [1.82, 2.24) is 0 Å². The van der Waals surface area contributed by atoms with Gasteiger partial charge in [-0.2, -0.15) is 0 Å². The fraction of sp³-hybridized carbons (Fsp3) is 1.00. The molecule has 1 heteroatoms. The summed E-state index contributed by atoms with van der Waals surface area (Å²) in [6.45, 7) is 5.46. The van der Waals surface area contributed by atoms with E-state index in [1.807, 2.05) is 0 Å². The van der Waals surface area contributed by atoms with E-state index in [4.69, 9.17) is 5.73 Å². The first-order valence-electron chi connectivity index (χ1n) is 8.05. The summed E-state index contributed by atoms with van der Waals surface area (Å²) in [6.07, 6.45) is 16.8. The maximum atomic E-state index is 5.60. The van der Waals surface area contributed by atoms with E-state index in [9.17, 15) is 0 Å². The van der Waals surface area contributed by atoms with Crippen LogP contribution in [0.5, 0.6) is 0 Å². The van der Waals surface area contributed by atoms with Crippen molar-refractivity contribution in [1.29, 1.82) is 0 Å². The van der Waals surface area contributed by atoms with Gasteiger partial charge < -0.3 is 5.73 Å². The Balaban J connectivity index is 3.34. The summed E-state index contributed by atoms with van der Waals surface area (Å²) >= 11 is 0. The van der Waals surface area contributed by atoms with Gasteiger partial charge in [0.1, 0.15) is 0 Å². The lowest BCUT2D eigenvalue weighted by Gasteiger charge is -2.15. The number of unbranched alkanes of at least 4 members (excludes halogenated alkanes) is 6. The van der Waals surface area contributed by atoms with Crippen molar-refractivity contribution in [2.75, 3.05) is 6.54 Å². The maximum Gasteiger partial charge on any atom is -0.00772 e. The summed E-state index contributed by atoms with van der Waals surface area (Å²) in [6, 6.07) is 0. The van der Waals surface area contributed by atoms with Gasteiger partial charge in [-0.05, 0) is 25.3 Å². The molecule has 0 heterocycles. The van der Waals surface area contributed by atoms with E-state index in [1.54, 1.807) is 0 Å². The lowest BCUT2D eigenvalue weighted by molar-refractivity contribution is 0.387. The van der Waals surface area contributed by atoms with Gasteiger partial charge in [0.2, 0.25) is 0 Å². The van der Waals surface area contributed by atoms with Crippen LogP contribution < -0.4 is 5.73 Å². The minimum absolute atomic E-state index is 0.872. The number of hydrogen-bond acceptors (Lipinski definition) is 1. The van der Waals surface area contributed by atoms with Crippen LogP contribution in [0.4, 0.5) is 0 Å². The highest BCUT2D eigenvalue weighted by Crippen LogP contribution is 2.21. The molecule has 0 spiro atoms. The average molecular weight is 241 g/mol. The van der Waals surface area contributed by atoms with Crippen molar-refractivity contribution in [3.05, 3.63) is 0 Å². The van der Waals surface area contributed by atoms with Gasteiger partial charge in [-0.25, -0.2) is 0 Å². The largest absolute Gasteiger partial charge is 0.330 e. The zero-order valence-corrected chi connectivity index (χ0v) is 12.3. The van der Waals surface area contributed by atoms with Crippen LogP contribution in [0.3, 0.4) is 0 Å². The summed E-state index contributed by atoms with van der Waals surface area (Å²) in [7, 11) is 0. The van der Waals surface area contributed by atoms with Gasteiger partial charge in [-0.15, -0.1) is 0 Å². The first kappa shape index (κ1) is 17.0. The quantitative estimate of drug-likeness (QED) is 0.436. The molecular formula is C16H35N. The molecule has 0 aliphatic carbocycles. The van der Waals surface area contributed by atoms with Crippen LogP contribution in [0.15, 0.2) is 0 Å². The fourth-order valence-corrected chi connectivity index (χ4v) is 2.64. The minimum Gasteiger partial charge on any atom is -0.330 e. The van der Waals surface area contributed by atoms with E-state index in [0.717, 1.165) is 12.5 Å². The molecule has 104 valence electrons. The molecule has 0 fully saturated rings. The molecule has 0 aromatic carbocycles. The molecule has 0 amide bonds. The van der Waals surface area contributed by atoms with Crippen LogP contribution in [0.2, 0.25) is 0 Å². The lowest BCUT2D eigenvalue weighted by Crippen LogP contribution is -2.05. The predicted octanol–water partition coefficient (Wildman–Crippen LogP) is 5.28. The van der Waals surface area contributed by atoms with Gasteiger partial charge in [-0.1, -0.05) is 78.1 Å². The molecule has 17 heavy (non-hydrogen) atoms. The smallest absolute Gasteiger partial charge is 0.00772 e. The minimum atomic E-state index is 0.872. The molecule has 0 radical (unpaired) electrons. The van der Waals surface area contributed by atoms with Gasteiger partial charge >= 0.3 is 0 Å². The molecule has 1 unspecified atom stereocenters. The first-order chi connectivity index (χ1) is 8.35. The maximum absolute atomic E-state index is 5.60. The van der Waals surface area contributed by atoms with Gasteiger partial charge in [0.05, 0.1) is 0 Å². The van der Waals surface area contributed by atoms with E-state index < -0.39 is 0 Å². The van der Waals surface area contributed by atoms with Gasteiger partial charge in [0, 0.05) is 0 Å². The third-order valence-electron chi connectivity index (χ3n) is 3.73. The number of hydrogen-bond donors (Lipinski definition) is 1. The highest BCUT2D eigenvalue weighted by molar-refractivity contribution is 4.60. The number of nitrogens with two attached hydrogens (primary N) is 1. The Bertz CT molecular complexity index is 133. The highest BCUT2D eigenvalue weighted by atomic mass is 14.5. The van der Waals surface area contributed by atoms with Crippen molar-refractivity contribution in [3.63, 3.8) is 0 Å². The van der Waals surface area contributed by atoms with Crippen LogP contribution in [0, 0.1) is 5.92 Å². The molecule has 0 rings (SSSR count). The van der Waals surface area contributed by atoms with E-state index in [-0.39, 0.29) is 0 Å². The van der Waals surface area contributed by atoms with E-state index >= 15 is 0 Å². The van der Waals surface area contributed by atoms with Crippen LogP contribution in [0.1, 0.15) is 90.9 Å². The van der Waals surface area contributed by atoms with Crippen molar-refractivity contribution in [2.45, 2.75) is 90.9 Å². The zero-order chi connectivity index (χ0) is 12.8. The van der Waals surface area contributed by atoms with Crippen LogP contribution in [0.25, 0.3) is 0 Å². The van der Waals surface area contributed by atoms with E-state index in [2.05, 4.69) is 13.8 Å². The normalized spacial score (nSPS) is 12.9. The summed E-state index contributed by atoms with van der Waals surface area (Å²) in [5.41, 5.74) is 5.60. The fourth-order valence-electron chi connectivity index (χ4n) is 2.64. The standard InChI is InChI=1S/C16H35N/c1-3-5-6-7-8-9-10-13-16(12-4-2)14-11-15-17/h16H,3-15,17H2,1-2H3. The number of rotatable bonds is 13. The Morgan fingerprint density at radius 1 is 0.647 bits per heavy atom. The Morgan fingerprint density at radius 2 is 1.24 bits per heavy atom. The molecule has 0 aliphatic heterocycles. The van der Waals surface area contributed by atoms with Crippen LogP contribution in [-0.4, -0.2) is 6.54 Å². The summed E-state index contributed by atoms with van der Waals surface area (Å²) in [5, 5.41) is 0. The van der Waals surface area contributed by atoms with Crippen molar-refractivity contribution < 1.29 is 0 Å². The second kappa shape index (κ2) is 14.0. The van der Waals surface area contributed by atoms with Crippen LogP contribution >= 0.6 is 0 Å². The zero-order valence-electron chi connectivity index (χ0n) is 12.3. The van der Waals surface area contributed by atoms with Gasteiger partial charge in [0.25, 0.3) is 0 Å². The SMILES string of the molecule is CCCCCCCCCC(CCC)CCCN. The van der Waals surface area contributed by atoms with Crippen molar-refractivity contribution in [3.8, 4) is 0 Å². The molecule has 0 aromatic heterocycles. The Kier molecular flexibility index (Phi) is 14.0. The van der Waals surface area contributed by atoms with Gasteiger partial charge in [0.15, 0.2) is 0 Å². The highest BCUT2D eigenvalue weighted by Gasteiger charge is 2.06. The van der Waals surface area contributed by atoms with Crippen molar-refractivity contribution >= 4 is 0 Å². The average Bonchev–Trinajstić information content (AvgIpc) is 2.34. The first-order valence-corrected chi connectivity index (χ1v) is 8.05. The molecular weight excluding hydrogens is 206 g/mol. The van der Waals surface area contributed by atoms with Crippen LogP contribution in [-0.2, 0) is 0 Å². The Labute approximate surface area is 110 Å². The molecule has 1 atom stereocenters. The molecule has 0 aliphatic rings. The third-order valence-corrected chi connectivity index (χ3v) is 3.73. The Morgan fingerprint density at radius 3 is 1.82 bits per heavy atom. The lowest BCUT2D eigenvalue weighted by atomic mass is 9.92. The second-order valence-electron chi connectivity index (χ2n) is 5.50. The Hall–Kier alpha value is -0.0400. The monoisotopic (exact) mass is 241 g/mol. The summed E-state index contributed by atoms with van der Waals surface area (Å²) < 4.78 is 0. The molecule has 1 nitrogen and oxygen atoms in total. The molecule has 0 bridgehead atoms. The van der Waals surface area contributed by atoms with Gasteiger partial charge in [-0.3, -0.25) is 0 Å². The van der Waals surface area contributed by atoms with Crippen molar-refractivity contribution in [2.24, 2.45) is 11.7 Å². The topological polar surface area (TPSA) is 26.0 Å². The molecule has 2 N–H and O–H groups in total. The molecule has 0 saturated heterocycles.